The molecule has 2 aliphatic rings. The molecule has 0 spiro atoms. The van der Waals surface area contributed by atoms with Crippen molar-refractivity contribution in [2.75, 3.05) is 19.6 Å². The number of hydrogen-bond donors (Lipinski definition) is 3. The molecule has 2 fully saturated rings. The predicted molar refractivity (Wildman–Crippen MR) is 149 cm³/mol. The molecular weight excluding hydrogens is 514 g/mol. The fourth-order valence-electron chi connectivity index (χ4n) is 5.55. The maximum atomic E-state index is 13.5. The van der Waals surface area contributed by atoms with E-state index in [1.807, 2.05) is 23.1 Å². The lowest BCUT2D eigenvalue weighted by Crippen LogP contribution is -2.51. The van der Waals surface area contributed by atoms with E-state index in [9.17, 15) is 18.0 Å². The Balaban J connectivity index is 1.18. The average Bonchev–Trinajstić information content (AvgIpc) is 2.97. The molecule has 1 saturated heterocycles. The lowest BCUT2D eigenvalue weighted by molar-refractivity contribution is -0.140. The molecule has 3 aromatic rings. The third-order valence-corrected chi connectivity index (χ3v) is 9.28. The van der Waals surface area contributed by atoms with Gasteiger partial charge in [-0.3, -0.25) is 4.79 Å². The number of aromatic carboxylic acids is 1. The molecule has 1 saturated carbocycles. The molecule has 3 N–H and O–H groups in total. The van der Waals surface area contributed by atoms with Gasteiger partial charge in [-0.25, -0.2) is 17.9 Å². The van der Waals surface area contributed by atoms with Gasteiger partial charge in [0.2, 0.25) is 15.9 Å². The molecule has 5 rings (SSSR count). The van der Waals surface area contributed by atoms with Gasteiger partial charge in [0.25, 0.3) is 0 Å². The SMILES string of the molecule is O=C(O)c1ccc(-c2ccc(S(=O)(=O)N[C@H]3CC[C@H](C(=O)N4CCNC[C@@H]4c4ccccc4)CC3)cc2)cc1. The second-order valence-corrected chi connectivity index (χ2v) is 12.0. The average molecular weight is 548 g/mol. The number of carboxylic acid groups (broad SMARTS) is 1. The molecule has 1 aliphatic carbocycles. The highest BCUT2D eigenvalue weighted by Crippen LogP contribution is 2.31. The minimum atomic E-state index is -3.71. The fraction of sp³-hybridized carbons (Fsp3) is 0.333. The number of carbonyl (C=O) groups excluding carboxylic acids is 1. The van der Waals surface area contributed by atoms with E-state index >= 15 is 0 Å². The Labute approximate surface area is 229 Å². The molecule has 1 aliphatic heterocycles. The molecule has 39 heavy (non-hydrogen) atoms. The van der Waals surface area contributed by atoms with E-state index in [0.29, 0.717) is 32.2 Å². The topological polar surface area (TPSA) is 116 Å². The van der Waals surface area contributed by atoms with Crippen molar-refractivity contribution in [3.63, 3.8) is 0 Å². The molecule has 1 amide bonds. The van der Waals surface area contributed by atoms with E-state index in [4.69, 9.17) is 5.11 Å². The molecule has 3 aromatic carbocycles. The van der Waals surface area contributed by atoms with E-state index in [2.05, 4.69) is 22.2 Å². The first-order valence-corrected chi connectivity index (χ1v) is 14.8. The van der Waals surface area contributed by atoms with E-state index in [0.717, 1.165) is 29.8 Å². The number of nitrogens with one attached hydrogen (secondary N) is 2. The van der Waals surface area contributed by atoms with Crippen LogP contribution in [0.4, 0.5) is 0 Å². The summed E-state index contributed by atoms with van der Waals surface area (Å²) < 4.78 is 29.0. The quantitative estimate of drug-likeness (QED) is 0.411. The molecular formula is C30H33N3O5S. The minimum Gasteiger partial charge on any atom is -0.478 e. The maximum Gasteiger partial charge on any atom is 0.335 e. The normalized spacial score (nSPS) is 21.8. The van der Waals surface area contributed by atoms with Crippen molar-refractivity contribution in [2.24, 2.45) is 5.92 Å². The Morgan fingerprint density at radius 1 is 0.846 bits per heavy atom. The summed E-state index contributed by atoms with van der Waals surface area (Å²) in [5.74, 6) is -0.923. The molecule has 204 valence electrons. The van der Waals surface area contributed by atoms with Gasteiger partial charge >= 0.3 is 5.97 Å². The van der Waals surface area contributed by atoms with Crippen molar-refractivity contribution in [1.29, 1.82) is 0 Å². The number of amides is 1. The number of benzene rings is 3. The predicted octanol–water partition coefficient (Wildman–Crippen LogP) is 4.06. The van der Waals surface area contributed by atoms with Crippen molar-refractivity contribution in [3.05, 3.63) is 90.0 Å². The smallest absolute Gasteiger partial charge is 0.335 e. The summed E-state index contributed by atoms with van der Waals surface area (Å²) in [6.07, 6.45) is 2.54. The largest absolute Gasteiger partial charge is 0.478 e. The first kappa shape index (κ1) is 27.1. The van der Waals surface area contributed by atoms with Crippen LogP contribution in [-0.4, -0.2) is 56.0 Å². The van der Waals surface area contributed by atoms with Crippen LogP contribution in [0.25, 0.3) is 11.1 Å². The highest BCUT2D eigenvalue weighted by atomic mass is 32.2. The summed E-state index contributed by atoms with van der Waals surface area (Å²) in [6, 6.07) is 22.9. The van der Waals surface area contributed by atoms with E-state index in [-0.39, 0.29) is 34.4 Å². The number of carboxylic acids is 1. The zero-order valence-electron chi connectivity index (χ0n) is 21.6. The van der Waals surface area contributed by atoms with Crippen molar-refractivity contribution in [2.45, 2.75) is 42.7 Å². The van der Waals surface area contributed by atoms with Crippen molar-refractivity contribution >= 4 is 21.9 Å². The molecule has 0 radical (unpaired) electrons. The molecule has 1 heterocycles. The van der Waals surface area contributed by atoms with Gasteiger partial charge in [0.15, 0.2) is 0 Å². The molecule has 0 unspecified atom stereocenters. The highest BCUT2D eigenvalue weighted by molar-refractivity contribution is 7.89. The van der Waals surface area contributed by atoms with Crippen LogP contribution in [-0.2, 0) is 14.8 Å². The van der Waals surface area contributed by atoms with Crippen molar-refractivity contribution in [1.82, 2.24) is 14.9 Å². The van der Waals surface area contributed by atoms with Gasteiger partial charge in [-0.05, 0) is 66.6 Å². The number of piperazine rings is 1. The van der Waals surface area contributed by atoms with Crippen LogP contribution >= 0.6 is 0 Å². The van der Waals surface area contributed by atoms with Crippen LogP contribution in [0.5, 0.6) is 0 Å². The Bertz CT molecular complexity index is 1400. The number of hydrogen-bond acceptors (Lipinski definition) is 5. The first-order chi connectivity index (χ1) is 18.8. The number of sulfonamides is 1. The van der Waals surface area contributed by atoms with Gasteiger partial charge < -0.3 is 15.3 Å². The van der Waals surface area contributed by atoms with Gasteiger partial charge in [-0.15, -0.1) is 0 Å². The zero-order valence-corrected chi connectivity index (χ0v) is 22.4. The molecule has 9 heteroatoms. The van der Waals surface area contributed by atoms with Gasteiger partial charge in [-0.2, -0.15) is 0 Å². The van der Waals surface area contributed by atoms with Crippen LogP contribution in [0.2, 0.25) is 0 Å². The number of carbonyl (C=O) groups is 2. The summed E-state index contributed by atoms with van der Waals surface area (Å²) in [7, 11) is -3.71. The van der Waals surface area contributed by atoms with Crippen molar-refractivity contribution in [3.8, 4) is 11.1 Å². The van der Waals surface area contributed by atoms with Crippen LogP contribution in [0.1, 0.15) is 47.6 Å². The summed E-state index contributed by atoms with van der Waals surface area (Å²) in [5.41, 5.74) is 2.93. The van der Waals surface area contributed by atoms with Gasteiger partial charge in [-0.1, -0.05) is 54.6 Å². The minimum absolute atomic E-state index is 0.0155. The van der Waals surface area contributed by atoms with Crippen LogP contribution < -0.4 is 10.0 Å². The lowest BCUT2D eigenvalue weighted by Gasteiger charge is -2.40. The third kappa shape index (κ3) is 6.21. The summed E-state index contributed by atoms with van der Waals surface area (Å²) >= 11 is 0. The molecule has 0 bridgehead atoms. The van der Waals surface area contributed by atoms with Crippen LogP contribution in [0.15, 0.2) is 83.8 Å². The third-order valence-electron chi connectivity index (χ3n) is 7.74. The first-order valence-electron chi connectivity index (χ1n) is 13.3. The number of nitrogens with zero attached hydrogens (tertiary/aromatic N) is 1. The summed E-state index contributed by atoms with van der Waals surface area (Å²) in [6.45, 7) is 2.18. The zero-order chi connectivity index (χ0) is 27.4. The van der Waals surface area contributed by atoms with E-state index in [1.54, 1.807) is 36.4 Å². The van der Waals surface area contributed by atoms with Crippen LogP contribution in [0.3, 0.4) is 0 Å². The monoisotopic (exact) mass is 547 g/mol. The Morgan fingerprint density at radius 2 is 1.46 bits per heavy atom. The second-order valence-electron chi connectivity index (χ2n) is 10.2. The Morgan fingerprint density at radius 3 is 2.08 bits per heavy atom. The Hall–Kier alpha value is -3.53. The molecule has 8 nitrogen and oxygen atoms in total. The van der Waals surface area contributed by atoms with Crippen molar-refractivity contribution < 1.29 is 23.1 Å². The standard InChI is InChI=1S/C30H33N3O5S/c34-29(33-19-18-31-20-28(33)23-4-2-1-3-5-23)24-10-14-26(15-11-24)32-39(37,38)27-16-12-22(13-17-27)21-6-8-25(9-7-21)30(35)36/h1-9,12-13,16-17,24,26,28,31-32H,10-11,14-15,18-20H2,(H,35,36)/t24-,26-,28-/m1/s1. The fourth-order valence-corrected chi connectivity index (χ4v) is 6.86. The van der Waals surface area contributed by atoms with Gasteiger partial charge in [0, 0.05) is 31.6 Å². The molecule has 1 atom stereocenters. The molecule has 0 aromatic heterocycles. The second kappa shape index (κ2) is 11.7. The lowest BCUT2D eigenvalue weighted by atomic mass is 9.85. The summed E-state index contributed by atoms with van der Waals surface area (Å²) in [4.78, 5) is 26.7. The number of rotatable bonds is 7. The van der Waals surface area contributed by atoms with Gasteiger partial charge in [0.1, 0.15) is 0 Å². The van der Waals surface area contributed by atoms with E-state index < -0.39 is 16.0 Å². The maximum absolute atomic E-state index is 13.5. The highest BCUT2D eigenvalue weighted by Gasteiger charge is 2.35. The van der Waals surface area contributed by atoms with Gasteiger partial charge in [0.05, 0.1) is 16.5 Å². The Kier molecular flexibility index (Phi) is 8.11. The summed E-state index contributed by atoms with van der Waals surface area (Å²) in [5, 5.41) is 12.5. The van der Waals surface area contributed by atoms with Crippen LogP contribution in [0, 0.1) is 5.92 Å². The van der Waals surface area contributed by atoms with E-state index in [1.165, 1.54) is 12.1 Å².